The lowest BCUT2D eigenvalue weighted by atomic mass is 10.2. The molecule has 2 aromatic rings. The molecule has 0 saturated heterocycles. The normalized spacial score (nSPS) is 10.8. The third-order valence-electron chi connectivity index (χ3n) is 3.54. The Kier molecular flexibility index (Phi) is 7.09. The van der Waals surface area contributed by atoms with Crippen LogP contribution in [-0.2, 0) is 4.79 Å². The van der Waals surface area contributed by atoms with Gasteiger partial charge in [-0.3, -0.25) is 4.79 Å². The van der Waals surface area contributed by atoms with Crippen molar-refractivity contribution < 1.29 is 19.0 Å². The third kappa shape index (κ3) is 5.84. The van der Waals surface area contributed by atoms with Crippen LogP contribution in [0.5, 0.6) is 17.2 Å². The monoisotopic (exact) mass is 355 g/mol. The van der Waals surface area contributed by atoms with Crippen molar-refractivity contribution in [2.75, 3.05) is 26.1 Å². The number of anilines is 1. The van der Waals surface area contributed by atoms with Crippen LogP contribution < -0.4 is 19.5 Å². The molecular weight excluding hydrogens is 330 g/mol. The van der Waals surface area contributed by atoms with E-state index in [9.17, 15) is 4.79 Å². The van der Waals surface area contributed by atoms with E-state index in [4.69, 9.17) is 14.2 Å². The van der Waals surface area contributed by atoms with Gasteiger partial charge in [-0.25, -0.2) is 0 Å². The molecule has 0 heterocycles. The van der Waals surface area contributed by atoms with Crippen LogP contribution in [0.4, 0.5) is 5.69 Å². The summed E-state index contributed by atoms with van der Waals surface area (Å²) < 4.78 is 16.1. The number of ether oxygens (including phenoxy) is 3. The SMILES string of the molecule is COc1ccc(C=CC(=O)Nc2ccc(OCC(C)C)cc2)cc1OC. The van der Waals surface area contributed by atoms with Gasteiger partial charge in [0.15, 0.2) is 11.5 Å². The largest absolute Gasteiger partial charge is 0.493 e. The van der Waals surface area contributed by atoms with Gasteiger partial charge >= 0.3 is 0 Å². The van der Waals surface area contributed by atoms with Gasteiger partial charge in [-0.1, -0.05) is 19.9 Å². The van der Waals surface area contributed by atoms with Crippen LogP contribution in [0.1, 0.15) is 19.4 Å². The van der Waals surface area contributed by atoms with Crippen molar-refractivity contribution in [1.82, 2.24) is 0 Å². The molecule has 0 aliphatic carbocycles. The number of methoxy groups -OCH3 is 2. The molecule has 0 atom stereocenters. The van der Waals surface area contributed by atoms with E-state index in [1.54, 1.807) is 26.4 Å². The molecule has 0 unspecified atom stereocenters. The molecule has 0 bridgehead atoms. The molecule has 5 nitrogen and oxygen atoms in total. The summed E-state index contributed by atoms with van der Waals surface area (Å²) in [7, 11) is 3.16. The summed E-state index contributed by atoms with van der Waals surface area (Å²) in [4.78, 5) is 12.1. The Bertz CT molecular complexity index is 751. The molecule has 0 saturated carbocycles. The van der Waals surface area contributed by atoms with Crippen molar-refractivity contribution in [3.05, 3.63) is 54.1 Å². The number of rotatable bonds is 8. The minimum Gasteiger partial charge on any atom is -0.493 e. The Labute approximate surface area is 154 Å². The highest BCUT2D eigenvalue weighted by Gasteiger charge is 2.04. The van der Waals surface area contributed by atoms with Crippen LogP contribution in [0.25, 0.3) is 6.08 Å². The van der Waals surface area contributed by atoms with Gasteiger partial charge in [0, 0.05) is 11.8 Å². The average molecular weight is 355 g/mol. The lowest BCUT2D eigenvalue weighted by molar-refractivity contribution is -0.111. The highest BCUT2D eigenvalue weighted by molar-refractivity contribution is 6.01. The first-order valence-corrected chi connectivity index (χ1v) is 8.45. The zero-order chi connectivity index (χ0) is 18.9. The van der Waals surface area contributed by atoms with E-state index < -0.39 is 0 Å². The number of nitrogens with one attached hydrogen (secondary N) is 1. The molecule has 0 spiro atoms. The molecule has 0 aliphatic rings. The minimum absolute atomic E-state index is 0.212. The Morgan fingerprint density at radius 1 is 1.04 bits per heavy atom. The highest BCUT2D eigenvalue weighted by atomic mass is 16.5. The number of amides is 1. The van der Waals surface area contributed by atoms with Gasteiger partial charge in [-0.05, 0) is 54.0 Å². The second kappa shape index (κ2) is 9.51. The van der Waals surface area contributed by atoms with Crippen molar-refractivity contribution in [2.24, 2.45) is 5.92 Å². The van der Waals surface area contributed by atoms with Crippen LogP contribution in [0, 0.1) is 5.92 Å². The maximum Gasteiger partial charge on any atom is 0.248 e. The number of carbonyl (C=O) groups excluding carboxylic acids is 1. The molecule has 2 aromatic carbocycles. The van der Waals surface area contributed by atoms with Gasteiger partial charge in [0.25, 0.3) is 0 Å². The molecule has 138 valence electrons. The fourth-order valence-electron chi connectivity index (χ4n) is 2.21. The number of benzene rings is 2. The molecular formula is C21H25NO4. The maximum absolute atomic E-state index is 12.1. The lowest BCUT2D eigenvalue weighted by Crippen LogP contribution is -2.08. The topological polar surface area (TPSA) is 56.8 Å². The molecule has 0 fully saturated rings. The summed E-state index contributed by atoms with van der Waals surface area (Å²) in [5.41, 5.74) is 1.55. The van der Waals surface area contributed by atoms with E-state index in [0.29, 0.717) is 29.7 Å². The Hall–Kier alpha value is -2.95. The van der Waals surface area contributed by atoms with E-state index in [1.165, 1.54) is 6.08 Å². The maximum atomic E-state index is 12.1. The van der Waals surface area contributed by atoms with E-state index in [1.807, 2.05) is 36.4 Å². The average Bonchev–Trinajstić information content (AvgIpc) is 2.65. The summed E-state index contributed by atoms with van der Waals surface area (Å²) in [5, 5.41) is 2.82. The second-order valence-electron chi connectivity index (χ2n) is 6.17. The molecule has 1 N–H and O–H groups in total. The summed E-state index contributed by atoms with van der Waals surface area (Å²) in [5.74, 6) is 2.31. The van der Waals surface area contributed by atoms with Gasteiger partial charge in [-0.2, -0.15) is 0 Å². The van der Waals surface area contributed by atoms with Crippen molar-refractivity contribution in [3.63, 3.8) is 0 Å². The predicted octanol–water partition coefficient (Wildman–Crippen LogP) is 4.39. The van der Waals surface area contributed by atoms with Crippen LogP contribution in [-0.4, -0.2) is 26.7 Å². The summed E-state index contributed by atoms with van der Waals surface area (Å²) >= 11 is 0. The van der Waals surface area contributed by atoms with Crippen LogP contribution in [0.15, 0.2) is 48.5 Å². The minimum atomic E-state index is -0.212. The first-order valence-electron chi connectivity index (χ1n) is 8.45. The standard InChI is InChI=1S/C21H25NO4/c1-15(2)14-26-18-9-7-17(8-10-18)22-21(23)12-6-16-5-11-19(24-3)20(13-16)25-4/h5-13,15H,14H2,1-4H3,(H,22,23). The number of hydrogen-bond donors (Lipinski definition) is 1. The predicted molar refractivity (Wildman–Crippen MR) is 104 cm³/mol. The van der Waals surface area contributed by atoms with E-state index in [-0.39, 0.29) is 5.91 Å². The lowest BCUT2D eigenvalue weighted by Gasteiger charge is -2.09. The molecule has 1 amide bonds. The van der Waals surface area contributed by atoms with Crippen LogP contribution >= 0.6 is 0 Å². The van der Waals surface area contributed by atoms with Gasteiger partial charge in [-0.15, -0.1) is 0 Å². The molecule has 0 aromatic heterocycles. The van der Waals surface area contributed by atoms with E-state index >= 15 is 0 Å². The van der Waals surface area contributed by atoms with Crippen molar-refractivity contribution in [1.29, 1.82) is 0 Å². The smallest absolute Gasteiger partial charge is 0.248 e. The summed E-state index contributed by atoms with van der Waals surface area (Å²) in [6, 6.07) is 12.8. The molecule has 5 heteroatoms. The highest BCUT2D eigenvalue weighted by Crippen LogP contribution is 2.28. The van der Waals surface area contributed by atoms with E-state index in [2.05, 4.69) is 19.2 Å². The molecule has 0 radical (unpaired) electrons. The van der Waals surface area contributed by atoms with Crippen molar-refractivity contribution in [3.8, 4) is 17.2 Å². The Balaban J connectivity index is 1.94. The Morgan fingerprint density at radius 3 is 2.35 bits per heavy atom. The van der Waals surface area contributed by atoms with E-state index in [0.717, 1.165) is 11.3 Å². The van der Waals surface area contributed by atoms with Crippen LogP contribution in [0.3, 0.4) is 0 Å². The first kappa shape index (κ1) is 19.4. The van der Waals surface area contributed by atoms with Gasteiger partial charge in [0.1, 0.15) is 5.75 Å². The van der Waals surface area contributed by atoms with Gasteiger partial charge in [0.05, 0.1) is 20.8 Å². The number of hydrogen-bond acceptors (Lipinski definition) is 4. The zero-order valence-corrected chi connectivity index (χ0v) is 15.6. The second-order valence-corrected chi connectivity index (χ2v) is 6.17. The van der Waals surface area contributed by atoms with Gasteiger partial charge in [0.2, 0.25) is 5.91 Å². The third-order valence-corrected chi connectivity index (χ3v) is 3.54. The Morgan fingerprint density at radius 2 is 1.73 bits per heavy atom. The van der Waals surface area contributed by atoms with Crippen molar-refractivity contribution in [2.45, 2.75) is 13.8 Å². The molecule has 0 aliphatic heterocycles. The van der Waals surface area contributed by atoms with Crippen molar-refractivity contribution >= 4 is 17.7 Å². The summed E-state index contributed by atoms with van der Waals surface area (Å²) in [6.45, 7) is 4.86. The quantitative estimate of drug-likeness (QED) is 0.714. The molecule has 26 heavy (non-hydrogen) atoms. The van der Waals surface area contributed by atoms with Crippen LogP contribution in [0.2, 0.25) is 0 Å². The fraction of sp³-hybridized carbons (Fsp3) is 0.286. The number of carbonyl (C=O) groups is 1. The van der Waals surface area contributed by atoms with Gasteiger partial charge < -0.3 is 19.5 Å². The fourth-order valence-corrected chi connectivity index (χ4v) is 2.21. The first-order chi connectivity index (χ1) is 12.5. The molecule has 2 rings (SSSR count). The zero-order valence-electron chi connectivity index (χ0n) is 15.6. The summed E-state index contributed by atoms with van der Waals surface area (Å²) in [6.07, 6.45) is 3.20.